The van der Waals surface area contributed by atoms with Gasteiger partial charge in [-0.1, -0.05) is 63.2 Å². The molecule has 0 bridgehead atoms. The van der Waals surface area contributed by atoms with Crippen LogP contribution in [0, 0.1) is 0 Å². The van der Waals surface area contributed by atoms with E-state index >= 15 is 0 Å². The number of para-hydroxylation sites is 1. The normalized spacial score (nSPS) is 12.2. The molecule has 3 nitrogen and oxygen atoms in total. The molecule has 2 aromatic carbocycles. The van der Waals surface area contributed by atoms with Gasteiger partial charge in [0, 0.05) is 6.42 Å². The zero-order valence-corrected chi connectivity index (χ0v) is 14.0. The number of benzene rings is 2. The van der Waals surface area contributed by atoms with E-state index in [1.54, 1.807) is 0 Å². The van der Waals surface area contributed by atoms with Crippen LogP contribution in [0.3, 0.4) is 0 Å². The summed E-state index contributed by atoms with van der Waals surface area (Å²) < 4.78 is 5.87. The van der Waals surface area contributed by atoms with Crippen LogP contribution in [0.1, 0.15) is 43.4 Å². The fraction of sp³-hybridized carbons (Fsp3) is 0.350. The number of ether oxygens (including phenoxy) is 1. The summed E-state index contributed by atoms with van der Waals surface area (Å²) in [5.41, 5.74) is 3.23. The quantitative estimate of drug-likeness (QED) is 0.821. The molecule has 0 spiro atoms. The summed E-state index contributed by atoms with van der Waals surface area (Å²) in [6.45, 7) is 6.22. The molecule has 0 radical (unpaired) electrons. The Labute approximate surface area is 137 Å². The Morgan fingerprint density at radius 3 is 2.26 bits per heavy atom. The fourth-order valence-electron chi connectivity index (χ4n) is 2.70. The molecule has 1 N–H and O–H groups in total. The van der Waals surface area contributed by atoms with Crippen LogP contribution in [0.25, 0.3) is 0 Å². The van der Waals surface area contributed by atoms with Crippen LogP contribution < -0.4 is 4.74 Å². The lowest BCUT2D eigenvalue weighted by Crippen LogP contribution is -2.30. The van der Waals surface area contributed by atoms with E-state index in [1.807, 2.05) is 48.5 Å². The minimum absolute atomic E-state index is 0.281. The molecule has 23 heavy (non-hydrogen) atoms. The number of carboxylic acids is 1. The molecule has 0 fully saturated rings. The zero-order valence-electron chi connectivity index (χ0n) is 14.0. The van der Waals surface area contributed by atoms with Gasteiger partial charge in [-0.15, -0.1) is 0 Å². The second-order valence-electron chi connectivity index (χ2n) is 5.96. The molecule has 122 valence electrons. The summed E-state index contributed by atoms with van der Waals surface area (Å²) in [5, 5.41) is 9.56. The van der Waals surface area contributed by atoms with Crippen LogP contribution in [0.15, 0.2) is 48.5 Å². The third kappa shape index (κ3) is 4.35. The van der Waals surface area contributed by atoms with E-state index in [0.29, 0.717) is 12.2 Å². The highest BCUT2D eigenvalue weighted by molar-refractivity contribution is 5.73. The minimum Gasteiger partial charge on any atom is -0.478 e. The van der Waals surface area contributed by atoms with E-state index in [-0.39, 0.29) is 5.92 Å². The number of carboxylic acid groups (broad SMARTS) is 1. The highest BCUT2D eigenvalue weighted by Gasteiger charge is 2.22. The molecule has 2 aromatic rings. The summed E-state index contributed by atoms with van der Waals surface area (Å²) in [6.07, 6.45) is 0.360. The van der Waals surface area contributed by atoms with Crippen LogP contribution in [0.4, 0.5) is 0 Å². The van der Waals surface area contributed by atoms with Crippen molar-refractivity contribution in [2.75, 3.05) is 0 Å². The standard InChI is InChI=1S/C20H24O3/c1-4-15-9-5-6-10-16(15)13-19(20(21)22)23-18-12-8-7-11-17(18)14(2)3/h5-12,14,19H,4,13H2,1-3H3,(H,21,22)/t19-/m1/s1. The maximum atomic E-state index is 11.7. The number of aliphatic carboxylic acids is 1. The van der Waals surface area contributed by atoms with Crippen molar-refractivity contribution < 1.29 is 14.6 Å². The molecule has 0 unspecified atom stereocenters. The van der Waals surface area contributed by atoms with Gasteiger partial charge in [0.1, 0.15) is 5.75 Å². The predicted octanol–water partition coefficient (Wildman–Crippen LogP) is 4.45. The second kappa shape index (κ2) is 7.82. The van der Waals surface area contributed by atoms with Crippen molar-refractivity contribution in [2.24, 2.45) is 0 Å². The second-order valence-corrected chi connectivity index (χ2v) is 5.96. The molecular weight excluding hydrogens is 288 g/mol. The first-order chi connectivity index (χ1) is 11.0. The molecule has 0 aliphatic heterocycles. The van der Waals surface area contributed by atoms with E-state index in [2.05, 4.69) is 20.8 Å². The first-order valence-corrected chi connectivity index (χ1v) is 8.08. The van der Waals surface area contributed by atoms with Gasteiger partial charge < -0.3 is 9.84 Å². The average molecular weight is 312 g/mol. The Hall–Kier alpha value is -2.29. The third-order valence-corrected chi connectivity index (χ3v) is 3.99. The number of hydrogen-bond donors (Lipinski definition) is 1. The zero-order chi connectivity index (χ0) is 16.8. The third-order valence-electron chi connectivity index (χ3n) is 3.99. The van der Waals surface area contributed by atoms with E-state index < -0.39 is 12.1 Å². The summed E-state index contributed by atoms with van der Waals surface area (Å²) >= 11 is 0. The smallest absolute Gasteiger partial charge is 0.345 e. The monoisotopic (exact) mass is 312 g/mol. The Kier molecular flexibility index (Phi) is 5.80. The van der Waals surface area contributed by atoms with Crippen molar-refractivity contribution in [3.05, 3.63) is 65.2 Å². The van der Waals surface area contributed by atoms with E-state index in [0.717, 1.165) is 17.5 Å². The van der Waals surface area contributed by atoms with Gasteiger partial charge in [0.25, 0.3) is 0 Å². The van der Waals surface area contributed by atoms with Gasteiger partial charge in [0.05, 0.1) is 0 Å². The van der Waals surface area contributed by atoms with Crippen LogP contribution in [-0.2, 0) is 17.6 Å². The lowest BCUT2D eigenvalue weighted by atomic mass is 9.99. The summed E-state index contributed by atoms with van der Waals surface area (Å²) in [7, 11) is 0. The Balaban J connectivity index is 2.25. The van der Waals surface area contributed by atoms with Gasteiger partial charge in [-0.25, -0.2) is 4.79 Å². The van der Waals surface area contributed by atoms with Gasteiger partial charge in [0.2, 0.25) is 0 Å². The molecule has 0 saturated carbocycles. The molecule has 0 saturated heterocycles. The first-order valence-electron chi connectivity index (χ1n) is 8.08. The van der Waals surface area contributed by atoms with Crippen LogP contribution in [0.2, 0.25) is 0 Å². The van der Waals surface area contributed by atoms with Gasteiger partial charge in [0.15, 0.2) is 6.10 Å². The Morgan fingerprint density at radius 1 is 1.04 bits per heavy atom. The van der Waals surface area contributed by atoms with E-state index in [1.165, 1.54) is 5.56 Å². The summed E-state index contributed by atoms with van der Waals surface area (Å²) in [6, 6.07) is 15.6. The SMILES string of the molecule is CCc1ccccc1C[C@@H](Oc1ccccc1C(C)C)C(=O)O. The molecular formula is C20H24O3. The topological polar surface area (TPSA) is 46.5 Å². The van der Waals surface area contributed by atoms with Crippen LogP contribution in [0.5, 0.6) is 5.75 Å². The lowest BCUT2D eigenvalue weighted by Gasteiger charge is -2.20. The van der Waals surface area contributed by atoms with Crippen molar-refractivity contribution in [1.82, 2.24) is 0 Å². The number of carbonyl (C=O) groups is 1. The summed E-state index contributed by atoms with van der Waals surface area (Å²) in [4.78, 5) is 11.7. The largest absolute Gasteiger partial charge is 0.478 e. The molecule has 3 heteroatoms. The molecule has 1 atom stereocenters. The minimum atomic E-state index is -0.936. The molecule has 0 heterocycles. The van der Waals surface area contributed by atoms with Gasteiger partial charge in [-0.3, -0.25) is 0 Å². The number of rotatable bonds is 7. The van der Waals surface area contributed by atoms with Crippen molar-refractivity contribution in [1.29, 1.82) is 0 Å². The fourth-order valence-corrected chi connectivity index (χ4v) is 2.70. The van der Waals surface area contributed by atoms with E-state index in [4.69, 9.17) is 4.74 Å². The predicted molar refractivity (Wildman–Crippen MR) is 92.1 cm³/mol. The Bertz CT molecular complexity index is 661. The van der Waals surface area contributed by atoms with Gasteiger partial charge >= 0.3 is 5.97 Å². The molecule has 0 amide bonds. The number of hydrogen-bond acceptors (Lipinski definition) is 2. The first kappa shape index (κ1) is 17.1. The van der Waals surface area contributed by atoms with Gasteiger partial charge in [-0.2, -0.15) is 0 Å². The highest BCUT2D eigenvalue weighted by Crippen LogP contribution is 2.27. The summed E-state index contributed by atoms with van der Waals surface area (Å²) in [5.74, 6) is 0.00178. The highest BCUT2D eigenvalue weighted by atomic mass is 16.5. The van der Waals surface area contributed by atoms with Gasteiger partial charge in [-0.05, 0) is 35.1 Å². The van der Waals surface area contributed by atoms with Crippen molar-refractivity contribution in [3.8, 4) is 5.75 Å². The van der Waals surface area contributed by atoms with Crippen molar-refractivity contribution in [3.63, 3.8) is 0 Å². The van der Waals surface area contributed by atoms with Crippen LogP contribution >= 0.6 is 0 Å². The Morgan fingerprint density at radius 2 is 1.65 bits per heavy atom. The lowest BCUT2D eigenvalue weighted by molar-refractivity contribution is -0.145. The molecule has 0 aromatic heterocycles. The maximum absolute atomic E-state index is 11.7. The van der Waals surface area contributed by atoms with Crippen LogP contribution in [-0.4, -0.2) is 17.2 Å². The molecule has 0 aliphatic rings. The van der Waals surface area contributed by atoms with E-state index in [9.17, 15) is 9.90 Å². The number of aryl methyl sites for hydroxylation is 1. The molecule has 0 aliphatic carbocycles. The van der Waals surface area contributed by atoms with Crippen molar-refractivity contribution in [2.45, 2.75) is 45.6 Å². The molecule has 2 rings (SSSR count). The average Bonchev–Trinajstić information content (AvgIpc) is 2.54. The van der Waals surface area contributed by atoms with Crippen molar-refractivity contribution >= 4 is 5.97 Å². The maximum Gasteiger partial charge on any atom is 0.345 e.